The lowest BCUT2D eigenvalue weighted by Crippen LogP contribution is -2.39. The Morgan fingerprint density at radius 2 is 1.32 bits per heavy atom. The first kappa shape index (κ1) is 41.9. The zero-order chi connectivity index (χ0) is 40.2. The lowest BCUT2D eigenvalue weighted by atomic mass is 10.0. The highest BCUT2D eigenvalue weighted by Crippen LogP contribution is 2.34. The molecule has 12 nitrogen and oxygen atoms in total. The standard InChI is InChI=1S/C43H50N4O8S/c1-29(48)36-15-14-35(27-37(36)30(2)49)54-25-24-53-23-22-52-21-20-51-19-18-47(42(50)55-43(3,4)5)34-13-16-38-39(26-34)56-41(45-38)32-10-8-31(9-11-32)33-12-17-40(44-28-33)46(6)7/h8-17,26-28H,18-25H2,1-7H3. The minimum absolute atomic E-state index is 0.169. The minimum Gasteiger partial charge on any atom is -0.491 e. The molecule has 0 aliphatic carbocycles. The van der Waals surface area contributed by atoms with Crippen LogP contribution < -0.4 is 14.5 Å². The zero-order valence-electron chi connectivity index (χ0n) is 33.1. The summed E-state index contributed by atoms with van der Waals surface area (Å²) in [5.41, 5.74) is 4.72. The molecule has 5 aromatic rings. The lowest BCUT2D eigenvalue weighted by Gasteiger charge is -2.27. The number of pyridine rings is 1. The van der Waals surface area contributed by atoms with Crippen LogP contribution in [0.25, 0.3) is 31.9 Å². The van der Waals surface area contributed by atoms with E-state index in [1.54, 1.807) is 34.4 Å². The van der Waals surface area contributed by atoms with Crippen LogP contribution in [0.4, 0.5) is 16.3 Å². The number of nitrogens with zero attached hydrogens (tertiary/aromatic N) is 4. The van der Waals surface area contributed by atoms with Crippen molar-refractivity contribution in [1.29, 1.82) is 0 Å². The van der Waals surface area contributed by atoms with Crippen LogP contribution in [0.5, 0.6) is 5.75 Å². The van der Waals surface area contributed by atoms with Gasteiger partial charge in [0.15, 0.2) is 11.6 Å². The Labute approximate surface area is 332 Å². The Kier molecular flexibility index (Phi) is 14.7. The lowest BCUT2D eigenvalue weighted by molar-refractivity contribution is 0.00993. The highest BCUT2D eigenvalue weighted by molar-refractivity contribution is 7.21. The highest BCUT2D eigenvalue weighted by Gasteiger charge is 2.24. The maximum Gasteiger partial charge on any atom is 0.414 e. The summed E-state index contributed by atoms with van der Waals surface area (Å²) in [6.07, 6.45) is 1.42. The van der Waals surface area contributed by atoms with E-state index in [0.717, 1.165) is 37.7 Å². The third-order valence-electron chi connectivity index (χ3n) is 8.42. The second-order valence-corrected chi connectivity index (χ2v) is 15.2. The van der Waals surface area contributed by atoms with Gasteiger partial charge in [-0.3, -0.25) is 14.5 Å². The SMILES string of the molecule is CC(=O)c1ccc(OCCOCCOCCOCCN(C(=O)OC(C)(C)C)c2ccc3nc(-c4ccc(-c5ccc(N(C)C)nc5)cc4)sc3c2)cc1C(C)=O. The molecule has 13 heteroatoms. The number of aromatic nitrogens is 2. The largest absolute Gasteiger partial charge is 0.491 e. The van der Waals surface area contributed by atoms with Gasteiger partial charge in [-0.25, -0.2) is 14.8 Å². The van der Waals surface area contributed by atoms with Crippen LogP contribution in [0.3, 0.4) is 0 Å². The van der Waals surface area contributed by atoms with E-state index >= 15 is 0 Å². The number of hydrogen-bond donors (Lipinski definition) is 0. The second-order valence-electron chi connectivity index (χ2n) is 14.2. The van der Waals surface area contributed by atoms with Gasteiger partial charge in [-0.2, -0.15) is 0 Å². The number of thiazole rings is 1. The number of amides is 1. The molecule has 0 N–H and O–H groups in total. The predicted octanol–water partition coefficient (Wildman–Crippen LogP) is 8.37. The summed E-state index contributed by atoms with van der Waals surface area (Å²) >= 11 is 1.57. The van der Waals surface area contributed by atoms with E-state index in [1.807, 2.05) is 70.2 Å². The van der Waals surface area contributed by atoms with E-state index in [-0.39, 0.29) is 31.3 Å². The normalized spacial score (nSPS) is 11.4. The van der Waals surface area contributed by atoms with Crippen LogP contribution in [0, 0.1) is 0 Å². The van der Waals surface area contributed by atoms with E-state index in [0.29, 0.717) is 55.6 Å². The van der Waals surface area contributed by atoms with Crippen molar-refractivity contribution in [2.45, 2.75) is 40.2 Å². The average Bonchev–Trinajstić information content (AvgIpc) is 3.59. The topological polar surface area (TPSA) is 130 Å². The molecule has 2 aromatic heterocycles. The number of anilines is 2. The smallest absolute Gasteiger partial charge is 0.414 e. The molecule has 0 aliphatic rings. The molecule has 0 spiro atoms. The summed E-state index contributed by atoms with van der Waals surface area (Å²) in [4.78, 5) is 50.0. The monoisotopic (exact) mass is 782 g/mol. The van der Waals surface area contributed by atoms with Gasteiger partial charge >= 0.3 is 6.09 Å². The Hall–Kier alpha value is -5.21. The molecular weight excluding hydrogens is 733 g/mol. The summed E-state index contributed by atoms with van der Waals surface area (Å²) in [6.45, 7) is 11.0. The molecule has 1 amide bonds. The third-order valence-corrected chi connectivity index (χ3v) is 9.49. The van der Waals surface area contributed by atoms with Gasteiger partial charge in [-0.1, -0.05) is 24.3 Å². The van der Waals surface area contributed by atoms with Crippen molar-refractivity contribution >= 4 is 50.7 Å². The van der Waals surface area contributed by atoms with Gasteiger partial charge in [-0.15, -0.1) is 11.3 Å². The minimum atomic E-state index is -0.669. The Morgan fingerprint density at radius 3 is 1.93 bits per heavy atom. The van der Waals surface area contributed by atoms with Gasteiger partial charge in [0.1, 0.15) is 28.8 Å². The summed E-state index contributed by atoms with van der Waals surface area (Å²) in [5.74, 6) is 1.04. The van der Waals surface area contributed by atoms with Crippen molar-refractivity contribution < 1.29 is 38.1 Å². The first-order valence-electron chi connectivity index (χ1n) is 18.5. The van der Waals surface area contributed by atoms with Crippen LogP contribution in [0.1, 0.15) is 55.3 Å². The van der Waals surface area contributed by atoms with Crippen LogP contribution in [-0.2, 0) is 18.9 Å². The van der Waals surface area contributed by atoms with Crippen LogP contribution >= 0.6 is 11.3 Å². The van der Waals surface area contributed by atoms with E-state index in [1.165, 1.54) is 13.8 Å². The fourth-order valence-corrected chi connectivity index (χ4v) is 6.61. The maximum atomic E-state index is 13.4. The molecule has 0 radical (unpaired) electrons. The molecule has 2 heterocycles. The van der Waals surface area contributed by atoms with Crippen molar-refractivity contribution in [3.05, 3.63) is 90.1 Å². The number of benzene rings is 3. The van der Waals surface area contributed by atoms with Crippen molar-refractivity contribution in [3.8, 4) is 27.4 Å². The zero-order valence-corrected chi connectivity index (χ0v) is 33.9. The molecule has 5 rings (SSSR count). The molecule has 0 bridgehead atoms. The van der Waals surface area contributed by atoms with Crippen molar-refractivity contribution in [1.82, 2.24) is 9.97 Å². The van der Waals surface area contributed by atoms with Crippen LogP contribution in [-0.4, -0.2) is 100 Å². The van der Waals surface area contributed by atoms with Gasteiger partial charge in [0, 0.05) is 48.2 Å². The fourth-order valence-electron chi connectivity index (χ4n) is 5.60. The third kappa shape index (κ3) is 11.9. The number of carbonyl (C=O) groups excluding carboxylic acids is 3. The fraction of sp³-hybridized carbons (Fsp3) is 0.372. The molecular formula is C43H50N4O8S. The molecule has 0 atom stereocenters. The summed E-state index contributed by atoms with van der Waals surface area (Å²) in [5, 5.41) is 0.886. The summed E-state index contributed by atoms with van der Waals surface area (Å²) in [6, 6.07) is 23.0. The number of fused-ring (bicyclic) bond motifs is 1. The predicted molar refractivity (Wildman–Crippen MR) is 221 cm³/mol. The Morgan fingerprint density at radius 1 is 0.696 bits per heavy atom. The van der Waals surface area contributed by atoms with E-state index in [9.17, 15) is 14.4 Å². The number of ketones is 2. The highest BCUT2D eigenvalue weighted by atomic mass is 32.1. The summed E-state index contributed by atoms with van der Waals surface area (Å²) in [7, 11) is 3.94. The van der Waals surface area contributed by atoms with Crippen LogP contribution in [0.15, 0.2) is 79.0 Å². The van der Waals surface area contributed by atoms with E-state index < -0.39 is 11.7 Å². The second kappa shape index (κ2) is 19.6. The quantitative estimate of drug-likeness (QED) is 0.0592. The number of rotatable bonds is 19. The van der Waals surface area contributed by atoms with Crippen molar-refractivity contribution in [2.24, 2.45) is 0 Å². The summed E-state index contributed by atoms with van der Waals surface area (Å²) < 4.78 is 29.4. The van der Waals surface area contributed by atoms with Crippen LogP contribution in [0.2, 0.25) is 0 Å². The first-order valence-corrected chi connectivity index (χ1v) is 19.3. The number of Topliss-reactive ketones (excluding diaryl/α,β-unsaturated/α-hetero) is 2. The van der Waals surface area contributed by atoms with Gasteiger partial charge in [0.2, 0.25) is 0 Å². The Balaban J connectivity index is 1.07. The molecule has 296 valence electrons. The number of hydrogen-bond acceptors (Lipinski definition) is 12. The van der Waals surface area contributed by atoms with Gasteiger partial charge in [-0.05, 0) is 88.7 Å². The van der Waals surface area contributed by atoms with Gasteiger partial charge < -0.3 is 28.6 Å². The molecule has 0 unspecified atom stereocenters. The molecule has 56 heavy (non-hydrogen) atoms. The van der Waals surface area contributed by atoms with E-state index in [4.69, 9.17) is 28.7 Å². The van der Waals surface area contributed by atoms with Gasteiger partial charge in [0.05, 0.1) is 56.4 Å². The number of carbonyl (C=O) groups is 3. The molecule has 0 fully saturated rings. The first-order chi connectivity index (χ1) is 26.8. The van der Waals surface area contributed by atoms with Gasteiger partial charge in [0.25, 0.3) is 0 Å². The van der Waals surface area contributed by atoms with Crippen molar-refractivity contribution in [2.75, 3.05) is 76.7 Å². The molecule has 3 aromatic carbocycles. The average molecular weight is 783 g/mol. The molecule has 0 aliphatic heterocycles. The Bertz CT molecular complexity index is 2090. The maximum absolute atomic E-state index is 13.4. The molecule has 0 saturated heterocycles. The van der Waals surface area contributed by atoms with E-state index in [2.05, 4.69) is 35.3 Å². The van der Waals surface area contributed by atoms with Crippen molar-refractivity contribution in [3.63, 3.8) is 0 Å². The number of ether oxygens (including phenoxy) is 5. The molecule has 0 saturated carbocycles.